The zero-order chi connectivity index (χ0) is 14.7. The summed E-state index contributed by atoms with van der Waals surface area (Å²) in [5, 5.41) is 6.96. The largest absolute Gasteiger partial charge is 0.486 e. The van der Waals surface area contributed by atoms with E-state index in [1.54, 1.807) is 23.1 Å². The molecule has 1 aliphatic rings. The van der Waals surface area contributed by atoms with Crippen LogP contribution in [0.3, 0.4) is 0 Å². The summed E-state index contributed by atoms with van der Waals surface area (Å²) in [6.45, 7) is 3.27. The zero-order valence-electron chi connectivity index (χ0n) is 11.8. The second kappa shape index (κ2) is 5.87. The molecule has 0 aliphatic carbocycles. The molecule has 1 aliphatic heterocycles. The summed E-state index contributed by atoms with van der Waals surface area (Å²) < 4.78 is 12.6. The number of amides is 1. The van der Waals surface area contributed by atoms with E-state index in [2.05, 4.69) is 10.4 Å². The fourth-order valence-electron chi connectivity index (χ4n) is 2.24. The van der Waals surface area contributed by atoms with Crippen molar-refractivity contribution in [2.24, 2.45) is 0 Å². The first-order chi connectivity index (χ1) is 10.2. The number of nitrogens with zero attached hydrogens (tertiary/aromatic N) is 2. The van der Waals surface area contributed by atoms with Crippen molar-refractivity contribution < 1.29 is 14.3 Å². The highest BCUT2D eigenvalue weighted by molar-refractivity contribution is 5.76. The Balaban J connectivity index is 1.64. The Bertz CT molecular complexity index is 625. The van der Waals surface area contributed by atoms with E-state index in [1.165, 1.54) is 0 Å². The Hall–Kier alpha value is -2.50. The first kappa shape index (κ1) is 13.5. The highest BCUT2D eigenvalue weighted by Crippen LogP contribution is 2.32. The van der Waals surface area contributed by atoms with Gasteiger partial charge in [0.15, 0.2) is 11.5 Å². The maximum absolute atomic E-state index is 12.0. The summed E-state index contributed by atoms with van der Waals surface area (Å²) in [5.74, 6) is 1.40. The predicted molar refractivity (Wildman–Crippen MR) is 76.2 cm³/mol. The van der Waals surface area contributed by atoms with Crippen molar-refractivity contribution in [1.82, 2.24) is 15.1 Å². The van der Waals surface area contributed by atoms with Crippen LogP contribution in [0.15, 0.2) is 36.7 Å². The van der Waals surface area contributed by atoms with Gasteiger partial charge in [-0.2, -0.15) is 5.10 Å². The molecule has 0 spiro atoms. The summed E-state index contributed by atoms with van der Waals surface area (Å²) in [6, 6.07) is 7.40. The summed E-state index contributed by atoms with van der Waals surface area (Å²) >= 11 is 0. The van der Waals surface area contributed by atoms with Crippen molar-refractivity contribution in [3.63, 3.8) is 0 Å². The standard InChI is InChI=1S/C15H17N3O3/c1-11(17-15(19)10-18-6-2-5-16-18)12-3-4-13-14(9-12)21-8-7-20-13/h2-6,9,11H,7-8,10H2,1H3,(H,17,19). The van der Waals surface area contributed by atoms with E-state index in [1.807, 2.05) is 25.1 Å². The Kier molecular flexibility index (Phi) is 3.77. The monoisotopic (exact) mass is 287 g/mol. The summed E-state index contributed by atoms with van der Waals surface area (Å²) in [7, 11) is 0. The van der Waals surface area contributed by atoms with Crippen molar-refractivity contribution >= 4 is 5.91 Å². The molecule has 0 fully saturated rings. The number of ether oxygens (including phenoxy) is 2. The molecule has 0 saturated heterocycles. The normalized spacial score (nSPS) is 14.5. The van der Waals surface area contributed by atoms with Crippen LogP contribution in [0.4, 0.5) is 0 Å². The quantitative estimate of drug-likeness (QED) is 0.926. The van der Waals surface area contributed by atoms with Crippen LogP contribution in [-0.4, -0.2) is 28.9 Å². The fourth-order valence-corrected chi connectivity index (χ4v) is 2.24. The maximum Gasteiger partial charge on any atom is 0.242 e. The van der Waals surface area contributed by atoms with E-state index >= 15 is 0 Å². The molecule has 110 valence electrons. The molecule has 0 bridgehead atoms. The molecule has 3 rings (SSSR count). The molecule has 1 N–H and O–H groups in total. The minimum Gasteiger partial charge on any atom is -0.486 e. The average Bonchev–Trinajstić information content (AvgIpc) is 2.99. The van der Waals surface area contributed by atoms with E-state index in [9.17, 15) is 4.79 Å². The van der Waals surface area contributed by atoms with Crippen LogP contribution in [0.1, 0.15) is 18.5 Å². The summed E-state index contributed by atoms with van der Waals surface area (Å²) in [5.41, 5.74) is 0.980. The number of carbonyl (C=O) groups excluding carboxylic acids is 1. The van der Waals surface area contributed by atoms with Crippen LogP contribution in [0.25, 0.3) is 0 Å². The number of hydrogen-bond donors (Lipinski definition) is 1. The second-order valence-electron chi connectivity index (χ2n) is 4.90. The molecule has 2 heterocycles. The molecule has 6 nitrogen and oxygen atoms in total. The highest BCUT2D eigenvalue weighted by Gasteiger charge is 2.15. The number of aromatic nitrogens is 2. The first-order valence-electron chi connectivity index (χ1n) is 6.89. The van der Waals surface area contributed by atoms with Gasteiger partial charge in [-0.25, -0.2) is 0 Å². The molecular formula is C15H17N3O3. The van der Waals surface area contributed by atoms with Gasteiger partial charge in [-0.15, -0.1) is 0 Å². The van der Waals surface area contributed by atoms with E-state index in [0.717, 1.165) is 17.1 Å². The predicted octanol–water partition coefficient (Wildman–Crippen LogP) is 1.53. The van der Waals surface area contributed by atoms with Crippen molar-refractivity contribution in [2.45, 2.75) is 19.5 Å². The Morgan fingerprint density at radius 1 is 1.38 bits per heavy atom. The molecule has 1 amide bonds. The molecule has 0 radical (unpaired) electrons. The van der Waals surface area contributed by atoms with Gasteiger partial charge >= 0.3 is 0 Å². The van der Waals surface area contributed by atoms with Gasteiger partial charge in [0.2, 0.25) is 5.91 Å². The molecule has 21 heavy (non-hydrogen) atoms. The molecule has 1 unspecified atom stereocenters. The number of hydrogen-bond acceptors (Lipinski definition) is 4. The van der Waals surface area contributed by atoms with Crippen LogP contribution < -0.4 is 14.8 Å². The van der Waals surface area contributed by atoms with Crippen LogP contribution in [-0.2, 0) is 11.3 Å². The van der Waals surface area contributed by atoms with Gasteiger partial charge < -0.3 is 14.8 Å². The van der Waals surface area contributed by atoms with Crippen molar-refractivity contribution in [2.75, 3.05) is 13.2 Å². The lowest BCUT2D eigenvalue weighted by Crippen LogP contribution is -2.30. The zero-order valence-corrected chi connectivity index (χ0v) is 11.8. The van der Waals surface area contributed by atoms with E-state index in [-0.39, 0.29) is 18.5 Å². The minimum atomic E-state index is -0.108. The lowest BCUT2D eigenvalue weighted by Gasteiger charge is -2.21. The van der Waals surface area contributed by atoms with Crippen LogP contribution >= 0.6 is 0 Å². The molecule has 6 heteroatoms. The molecule has 1 aromatic carbocycles. The lowest BCUT2D eigenvalue weighted by molar-refractivity contribution is -0.122. The third-order valence-electron chi connectivity index (χ3n) is 3.31. The van der Waals surface area contributed by atoms with Gasteiger partial charge in [-0.3, -0.25) is 9.48 Å². The van der Waals surface area contributed by atoms with Gasteiger partial charge in [0.25, 0.3) is 0 Å². The summed E-state index contributed by atoms with van der Waals surface area (Å²) in [6.07, 6.45) is 3.41. The number of benzene rings is 1. The number of rotatable bonds is 4. The topological polar surface area (TPSA) is 65.4 Å². The molecule has 2 aromatic rings. The second-order valence-corrected chi connectivity index (χ2v) is 4.90. The van der Waals surface area contributed by atoms with Crippen molar-refractivity contribution in [1.29, 1.82) is 0 Å². The highest BCUT2D eigenvalue weighted by atomic mass is 16.6. The van der Waals surface area contributed by atoms with Crippen molar-refractivity contribution in [3.05, 3.63) is 42.2 Å². The van der Waals surface area contributed by atoms with Gasteiger partial charge in [-0.05, 0) is 30.7 Å². The van der Waals surface area contributed by atoms with Gasteiger partial charge in [0.05, 0.1) is 6.04 Å². The average molecular weight is 287 g/mol. The van der Waals surface area contributed by atoms with Crippen LogP contribution in [0.2, 0.25) is 0 Å². The van der Waals surface area contributed by atoms with Gasteiger partial charge in [0, 0.05) is 12.4 Å². The molecule has 0 saturated carbocycles. The third kappa shape index (κ3) is 3.16. The minimum absolute atomic E-state index is 0.0823. The van der Waals surface area contributed by atoms with Gasteiger partial charge in [-0.1, -0.05) is 6.07 Å². The Labute approximate surface area is 122 Å². The molecule has 1 atom stereocenters. The fraction of sp³-hybridized carbons (Fsp3) is 0.333. The van der Waals surface area contributed by atoms with Crippen LogP contribution in [0, 0.1) is 0 Å². The lowest BCUT2D eigenvalue weighted by atomic mass is 10.1. The van der Waals surface area contributed by atoms with E-state index in [4.69, 9.17) is 9.47 Å². The Morgan fingerprint density at radius 2 is 2.19 bits per heavy atom. The van der Waals surface area contributed by atoms with Crippen molar-refractivity contribution in [3.8, 4) is 11.5 Å². The third-order valence-corrected chi connectivity index (χ3v) is 3.31. The number of nitrogens with one attached hydrogen (secondary N) is 1. The molecule has 1 aromatic heterocycles. The van der Waals surface area contributed by atoms with Gasteiger partial charge in [0.1, 0.15) is 19.8 Å². The number of fused-ring (bicyclic) bond motifs is 1. The van der Waals surface area contributed by atoms with Crippen LogP contribution in [0.5, 0.6) is 11.5 Å². The summed E-state index contributed by atoms with van der Waals surface area (Å²) in [4.78, 5) is 12.0. The SMILES string of the molecule is CC(NC(=O)Cn1cccn1)c1ccc2c(c1)OCCO2. The smallest absolute Gasteiger partial charge is 0.242 e. The van der Waals surface area contributed by atoms with E-state index in [0.29, 0.717) is 13.2 Å². The Morgan fingerprint density at radius 3 is 2.95 bits per heavy atom. The molecular weight excluding hydrogens is 270 g/mol. The number of carbonyl (C=O) groups is 1. The van der Waals surface area contributed by atoms with E-state index < -0.39 is 0 Å². The maximum atomic E-state index is 12.0. The first-order valence-corrected chi connectivity index (χ1v) is 6.89.